The zero-order valence-electron chi connectivity index (χ0n) is 15.6. The molecule has 1 aromatic carbocycles. The standard InChI is InChI=1S/C23H26N2O/c1-17(26)9-12-21-15-16-23(20-7-5-3-4-6-8-20)25(21)22-13-10-19(11-14-22)18(2)24/h5,7-8,10-11,13-16,24H,3-4,6,9,12H2,1-2H3. The van der Waals surface area contributed by atoms with Gasteiger partial charge in [0.25, 0.3) is 0 Å². The molecule has 1 aliphatic rings. The van der Waals surface area contributed by atoms with E-state index in [0.717, 1.165) is 36.2 Å². The van der Waals surface area contributed by atoms with Crippen LogP contribution in [-0.4, -0.2) is 16.1 Å². The highest BCUT2D eigenvalue weighted by molar-refractivity contribution is 5.96. The van der Waals surface area contributed by atoms with Crippen LogP contribution in [0.25, 0.3) is 11.3 Å². The Bertz CT molecular complexity index is 866. The molecule has 26 heavy (non-hydrogen) atoms. The Morgan fingerprint density at radius 3 is 2.54 bits per heavy atom. The van der Waals surface area contributed by atoms with Crippen LogP contribution in [0.2, 0.25) is 0 Å². The van der Waals surface area contributed by atoms with E-state index in [2.05, 4.69) is 47.1 Å². The monoisotopic (exact) mass is 346 g/mol. The number of benzene rings is 1. The van der Waals surface area contributed by atoms with Gasteiger partial charge in [0.1, 0.15) is 5.78 Å². The van der Waals surface area contributed by atoms with Gasteiger partial charge in [0.15, 0.2) is 0 Å². The van der Waals surface area contributed by atoms with Crippen LogP contribution in [0.3, 0.4) is 0 Å². The van der Waals surface area contributed by atoms with Crippen molar-refractivity contribution < 1.29 is 4.79 Å². The summed E-state index contributed by atoms with van der Waals surface area (Å²) in [7, 11) is 0. The molecule has 2 aromatic rings. The van der Waals surface area contributed by atoms with Crippen LogP contribution in [0.5, 0.6) is 0 Å². The molecule has 134 valence electrons. The smallest absolute Gasteiger partial charge is 0.130 e. The molecule has 3 heteroatoms. The van der Waals surface area contributed by atoms with Crippen molar-refractivity contribution >= 4 is 17.1 Å². The lowest BCUT2D eigenvalue weighted by Crippen LogP contribution is -2.06. The van der Waals surface area contributed by atoms with E-state index in [0.29, 0.717) is 12.1 Å². The molecule has 0 amide bonds. The van der Waals surface area contributed by atoms with Crippen LogP contribution in [-0.2, 0) is 11.2 Å². The maximum Gasteiger partial charge on any atom is 0.130 e. The molecule has 0 unspecified atom stereocenters. The van der Waals surface area contributed by atoms with Crippen molar-refractivity contribution in [1.29, 1.82) is 5.41 Å². The quantitative estimate of drug-likeness (QED) is 0.689. The Hall–Kier alpha value is -2.68. The minimum absolute atomic E-state index is 0.211. The van der Waals surface area contributed by atoms with Crippen molar-refractivity contribution in [3.63, 3.8) is 0 Å². The first-order valence-corrected chi connectivity index (χ1v) is 9.29. The summed E-state index contributed by atoms with van der Waals surface area (Å²) in [6.07, 6.45) is 11.4. The minimum Gasteiger partial charge on any atom is -0.314 e. The third kappa shape index (κ3) is 4.10. The maximum atomic E-state index is 11.5. The van der Waals surface area contributed by atoms with Crippen LogP contribution in [0, 0.1) is 5.41 Å². The summed E-state index contributed by atoms with van der Waals surface area (Å²) >= 11 is 0. The van der Waals surface area contributed by atoms with Gasteiger partial charge in [-0.2, -0.15) is 0 Å². The van der Waals surface area contributed by atoms with Gasteiger partial charge in [-0.1, -0.05) is 30.4 Å². The molecule has 1 N–H and O–H groups in total. The lowest BCUT2D eigenvalue weighted by molar-refractivity contribution is -0.117. The van der Waals surface area contributed by atoms with E-state index < -0.39 is 0 Å². The number of aromatic nitrogens is 1. The largest absolute Gasteiger partial charge is 0.314 e. The van der Waals surface area contributed by atoms with Crippen LogP contribution in [0.1, 0.15) is 56.5 Å². The normalized spacial score (nSPS) is 14.0. The zero-order chi connectivity index (χ0) is 18.5. The number of carbonyl (C=O) groups excluding carboxylic acids is 1. The van der Waals surface area contributed by atoms with Crippen molar-refractivity contribution in [2.75, 3.05) is 0 Å². The van der Waals surface area contributed by atoms with E-state index in [4.69, 9.17) is 5.41 Å². The van der Waals surface area contributed by atoms with Gasteiger partial charge in [-0.05, 0) is 74.9 Å². The molecule has 3 rings (SSSR count). The number of Topliss-reactive ketones (excluding diaryl/α,β-unsaturated/α-hetero) is 1. The summed E-state index contributed by atoms with van der Waals surface area (Å²) in [6, 6.07) is 12.4. The molecular formula is C23H26N2O. The molecule has 0 bridgehead atoms. The van der Waals surface area contributed by atoms with Gasteiger partial charge in [-0.15, -0.1) is 0 Å². The van der Waals surface area contributed by atoms with E-state index in [1.807, 2.05) is 12.1 Å². The Morgan fingerprint density at radius 1 is 1.08 bits per heavy atom. The minimum atomic E-state index is 0.211. The third-order valence-corrected chi connectivity index (χ3v) is 4.79. The topological polar surface area (TPSA) is 45.9 Å². The Labute approximate surface area is 155 Å². The fourth-order valence-electron chi connectivity index (χ4n) is 3.33. The van der Waals surface area contributed by atoms with Gasteiger partial charge in [-0.25, -0.2) is 0 Å². The van der Waals surface area contributed by atoms with Crippen molar-refractivity contribution in [2.45, 2.75) is 46.0 Å². The Kier molecular flexibility index (Phi) is 5.67. The highest BCUT2D eigenvalue weighted by atomic mass is 16.1. The van der Waals surface area contributed by atoms with Crippen LogP contribution in [0.4, 0.5) is 0 Å². The van der Waals surface area contributed by atoms with E-state index in [9.17, 15) is 4.79 Å². The van der Waals surface area contributed by atoms with Crippen molar-refractivity contribution in [3.8, 4) is 5.69 Å². The highest BCUT2D eigenvalue weighted by Crippen LogP contribution is 2.27. The number of allylic oxidation sites excluding steroid dienone is 4. The van der Waals surface area contributed by atoms with Crippen molar-refractivity contribution in [1.82, 2.24) is 4.57 Å². The number of hydrogen-bond donors (Lipinski definition) is 1. The number of nitrogens with one attached hydrogen (secondary N) is 1. The summed E-state index contributed by atoms with van der Waals surface area (Å²) < 4.78 is 2.26. The lowest BCUT2D eigenvalue weighted by atomic mass is 10.1. The van der Waals surface area contributed by atoms with Gasteiger partial charge < -0.3 is 14.8 Å². The molecule has 1 aromatic heterocycles. The van der Waals surface area contributed by atoms with E-state index in [1.54, 1.807) is 13.8 Å². The summed E-state index contributed by atoms with van der Waals surface area (Å²) in [5.41, 5.74) is 6.13. The first-order chi connectivity index (χ1) is 12.6. The summed E-state index contributed by atoms with van der Waals surface area (Å²) in [6.45, 7) is 3.45. The molecule has 1 aliphatic carbocycles. The fraction of sp³-hybridized carbons (Fsp3) is 0.304. The third-order valence-electron chi connectivity index (χ3n) is 4.79. The average molecular weight is 346 g/mol. The van der Waals surface area contributed by atoms with Gasteiger partial charge in [-0.3, -0.25) is 0 Å². The summed E-state index contributed by atoms with van der Waals surface area (Å²) in [5, 5.41) is 7.80. The molecular weight excluding hydrogens is 320 g/mol. The second-order valence-corrected chi connectivity index (χ2v) is 6.91. The van der Waals surface area contributed by atoms with Crippen LogP contribution >= 0.6 is 0 Å². The second-order valence-electron chi connectivity index (χ2n) is 6.91. The van der Waals surface area contributed by atoms with Gasteiger partial charge in [0.05, 0.1) is 5.69 Å². The van der Waals surface area contributed by atoms with Crippen molar-refractivity contribution in [3.05, 3.63) is 71.6 Å². The average Bonchev–Trinajstić information content (AvgIpc) is 2.85. The van der Waals surface area contributed by atoms with Gasteiger partial charge in [0, 0.05) is 23.5 Å². The molecule has 0 fully saturated rings. The molecule has 0 aliphatic heterocycles. The second kappa shape index (κ2) is 8.13. The molecule has 0 saturated carbocycles. The number of ketones is 1. The number of rotatable bonds is 6. The van der Waals surface area contributed by atoms with Gasteiger partial charge in [0.2, 0.25) is 0 Å². The van der Waals surface area contributed by atoms with E-state index in [1.165, 1.54) is 17.7 Å². The number of nitrogens with zero attached hydrogens (tertiary/aromatic N) is 1. The van der Waals surface area contributed by atoms with E-state index >= 15 is 0 Å². The predicted molar refractivity (Wildman–Crippen MR) is 108 cm³/mol. The molecule has 0 atom stereocenters. The Morgan fingerprint density at radius 2 is 1.85 bits per heavy atom. The van der Waals surface area contributed by atoms with Gasteiger partial charge >= 0.3 is 0 Å². The number of hydrogen-bond acceptors (Lipinski definition) is 2. The molecule has 0 saturated heterocycles. The number of aryl methyl sites for hydroxylation is 1. The van der Waals surface area contributed by atoms with Crippen LogP contribution in [0.15, 0.2) is 54.6 Å². The summed E-state index contributed by atoms with van der Waals surface area (Å²) in [5.74, 6) is 0.211. The summed E-state index contributed by atoms with van der Waals surface area (Å²) in [4.78, 5) is 11.5. The van der Waals surface area contributed by atoms with Crippen LogP contribution < -0.4 is 0 Å². The molecule has 1 heterocycles. The lowest BCUT2D eigenvalue weighted by Gasteiger charge is -2.15. The van der Waals surface area contributed by atoms with E-state index in [-0.39, 0.29) is 5.78 Å². The molecule has 0 radical (unpaired) electrons. The maximum absolute atomic E-state index is 11.5. The first-order valence-electron chi connectivity index (χ1n) is 9.29. The predicted octanol–water partition coefficient (Wildman–Crippen LogP) is 5.51. The first kappa shape index (κ1) is 18.1. The Balaban J connectivity index is 2.06. The molecule has 0 spiro atoms. The fourth-order valence-corrected chi connectivity index (χ4v) is 3.33. The molecule has 3 nitrogen and oxygen atoms in total. The number of carbonyl (C=O) groups is 1. The SMILES string of the molecule is CC(=N)c1ccc(-n2c(CCC(C)=O)ccc2C2=CCCCC=C2)cc1. The van der Waals surface area contributed by atoms with Crippen molar-refractivity contribution in [2.24, 2.45) is 0 Å². The highest BCUT2D eigenvalue weighted by Gasteiger charge is 2.14. The zero-order valence-corrected chi connectivity index (χ0v) is 15.6.